The number of benzene rings is 1. The first-order valence-corrected chi connectivity index (χ1v) is 6.01. The van der Waals surface area contributed by atoms with Crippen LogP contribution in [0.3, 0.4) is 0 Å². The molecule has 16 heavy (non-hydrogen) atoms. The second kappa shape index (κ2) is 6.27. The number of hydrogen-bond acceptors (Lipinski definition) is 4. The lowest BCUT2D eigenvalue weighted by Gasteiger charge is -2.01. The molecular formula is C11H13NO3S. The van der Waals surface area contributed by atoms with Crippen molar-refractivity contribution in [2.75, 3.05) is 5.75 Å². The Kier molecular flexibility index (Phi) is 4.98. The van der Waals surface area contributed by atoms with Crippen LogP contribution in [0.2, 0.25) is 0 Å². The maximum atomic E-state index is 11.3. The molecule has 86 valence electrons. The molecule has 0 fully saturated rings. The van der Waals surface area contributed by atoms with E-state index in [1.54, 1.807) is 18.2 Å². The molecule has 0 radical (unpaired) electrons. The highest BCUT2D eigenvalue weighted by Gasteiger charge is 2.13. The lowest BCUT2D eigenvalue weighted by molar-refractivity contribution is -0.387. The molecule has 0 saturated heterocycles. The van der Waals surface area contributed by atoms with Crippen LogP contribution >= 0.6 is 11.8 Å². The number of thioether (sulfide) groups is 1. The number of nitrogens with zero attached hydrogens (tertiary/aromatic N) is 1. The molecule has 0 N–H and O–H groups in total. The summed E-state index contributed by atoms with van der Waals surface area (Å²) in [5, 5.41) is 10.7. The Bertz CT molecular complexity index is 393. The van der Waals surface area contributed by atoms with Gasteiger partial charge in [-0.1, -0.05) is 19.1 Å². The molecule has 5 heteroatoms. The number of nitro groups is 1. The van der Waals surface area contributed by atoms with Gasteiger partial charge in [-0.25, -0.2) is 0 Å². The van der Waals surface area contributed by atoms with Crippen LogP contribution in [0.5, 0.6) is 0 Å². The summed E-state index contributed by atoms with van der Waals surface area (Å²) < 4.78 is 0. The summed E-state index contributed by atoms with van der Waals surface area (Å²) in [6.07, 6.45) is 1.35. The number of carbonyl (C=O) groups excluding carboxylic acids is 1. The Morgan fingerprint density at radius 1 is 1.44 bits per heavy atom. The summed E-state index contributed by atoms with van der Waals surface area (Å²) >= 11 is 1.23. The van der Waals surface area contributed by atoms with Crippen LogP contribution in [-0.2, 0) is 4.79 Å². The molecule has 0 aliphatic carbocycles. The number of hydrogen-bond donors (Lipinski definition) is 0. The quantitative estimate of drug-likeness (QED) is 0.435. The molecule has 1 aromatic carbocycles. The van der Waals surface area contributed by atoms with Crippen LogP contribution in [0.25, 0.3) is 0 Å². The van der Waals surface area contributed by atoms with Crippen LogP contribution in [0.4, 0.5) is 5.69 Å². The third kappa shape index (κ3) is 3.66. The third-order valence-corrected chi connectivity index (χ3v) is 3.10. The molecule has 0 spiro atoms. The molecule has 1 aromatic rings. The minimum atomic E-state index is -0.424. The Morgan fingerprint density at radius 3 is 2.75 bits per heavy atom. The molecule has 0 aliphatic rings. The minimum Gasteiger partial charge on any atom is -0.299 e. The van der Waals surface area contributed by atoms with Gasteiger partial charge in [0.25, 0.3) is 5.69 Å². The largest absolute Gasteiger partial charge is 0.299 e. The van der Waals surface area contributed by atoms with Crippen molar-refractivity contribution in [3.05, 3.63) is 34.4 Å². The highest BCUT2D eigenvalue weighted by molar-refractivity contribution is 8.00. The van der Waals surface area contributed by atoms with E-state index in [4.69, 9.17) is 0 Å². The molecule has 0 saturated carbocycles. The van der Waals surface area contributed by atoms with Gasteiger partial charge in [0.15, 0.2) is 0 Å². The topological polar surface area (TPSA) is 60.2 Å². The van der Waals surface area contributed by atoms with E-state index in [2.05, 4.69) is 0 Å². The van der Waals surface area contributed by atoms with Crippen LogP contribution in [0.1, 0.15) is 19.8 Å². The average molecular weight is 239 g/mol. The van der Waals surface area contributed by atoms with Gasteiger partial charge in [-0.2, -0.15) is 0 Å². The van der Waals surface area contributed by atoms with Crippen LogP contribution in [-0.4, -0.2) is 16.5 Å². The number of ketones is 1. The summed E-state index contributed by atoms with van der Waals surface area (Å²) in [5.41, 5.74) is 0.0665. The summed E-state index contributed by atoms with van der Waals surface area (Å²) in [6, 6.07) is 6.48. The molecule has 4 nitrogen and oxygen atoms in total. The fraction of sp³-hybridized carbons (Fsp3) is 0.364. The zero-order valence-corrected chi connectivity index (χ0v) is 9.83. The average Bonchev–Trinajstić information content (AvgIpc) is 2.27. The maximum Gasteiger partial charge on any atom is 0.282 e. The van der Waals surface area contributed by atoms with Crippen molar-refractivity contribution in [1.29, 1.82) is 0 Å². The summed E-state index contributed by atoms with van der Waals surface area (Å²) in [7, 11) is 0. The van der Waals surface area contributed by atoms with Gasteiger partial charge in [-0.3, -0.25) is 14.9 Å². The van der Waals surface area contributed by atoms with Crippen molar-refractivity contribution in [2.24, 2.45) is 0 Å². The van der Waals surface area contributed by atoms with E-state index < -0.39 is 4.92 Å². The normalized spacial score (nSPS) is 10.1. The molecular weight excluding hydrogens is 226 g/mol. The Labute approximate surface area is 98.2 Å². The monoisotopic (exact) mass is 239 g/mol. The Morgan fingerprint density at radius 2 is 2.12 bits per heavy atom. The molecule has 0 aliphatic heterocycles. The highest BCUT2D eigenvalue weighted by Crippen LogP contribution is 2.28. The van der Waals surface area contributed by atoms with E-state index in [1.165, 1.54) is 17.8 Å². The first kappa shape index (κ1) is 12.7. The van der Waals surface area contributed by atoms with Gasteiger partial charge < -0.3 is 0 Å². The molecule has 0 atom stereocenters. The fourth-order valence-electron chi connectivity index (χ4n) is 1.24. The Hall–Kier alpha value is -1.36. The zero-order chi connectivity index (χ0) is 12.0. The summed E-state index contributed by atoms with van der Waals surface area (Å²) in [5.74, 6) is 0.434. The predicted octanol–water partition coefficient (Wildman–Crippen LogP) is 3.06. The summed E-state index contributed by atoms with van der Waals surface area (Å²) in [6.45, 7) is 1.94. The molecule has 0 bridgehead atoms. The van der Waals surface area contributed by atoms with Gasteiger partial charge >= 0.3 is 0 Å². The van der Waals surface area contributed by atoms with Gasteiger partial charge in [0.05, 0.1) is 15.6 Å². The standard InChI is InChI=1S/C11H13NO3S/c1-2-5-9(13)8-16-11-7-4-3-6-10(11)12(14)15/h3-4,6-7H,2,5,8H2,1H3. The van der Waals surface area contributed by atoms with Crippen molar-refractivity contribution >= 4 is 23.2 Å². The van der Waals surface area contributed by atoms with Gasteiger partial charge in [-0.05, 0) is 12.5 Å². The van der Waals surface area contributed by atoms with E-state index in [0.29, 0.717) is 17.1 Å². The van der Waals surface area contributed by atoms with Crippen molar-refractivity contribution in [3.8, 4) is 0 Å². The van der Waals surface area contributed by atoms with Gasteiger partial charge in [0, 0.05) is 12.5 Å². The van der Waals surface area contributed by atoms with Crippen LogP contribution in [0.15, 0.2) is 29.2 Å². The smallest absolute Gasteiger partial charge is 0.282 e. The highest BCUT2D eigenvalue weighted by atomic mass is 32.2. The zero-order valence-electron chi connectivity index (χ0n) is 9.01. The molecule has 1 rings (SSSR count). The predicted molar refractivity (Wildman–Crippen MR) is 63.7 cm³/mol. The number of para-hydroxylation sites is 1. The van der Waals surface area contributed by atoms with Crippen molar-refractivity contribution < 1.29 is 9.72 Å². The van der Waals surface area contributed by atoms with E-state index in [1.807, 2.05) is 6.92 Å². The molecule has 0 heterocycles. The molecule has 0 unspecified atom stereocenters. The van der Waals surface area contributed by atoms with Gasteiger partial charge in [-0.15, -0.1) is 11.8 Å². The number of rotatable bonds is 6. The van der Waals surface area contributed by atoms with E-state index in [0.717, 1.165) is 6.42 Å². The maximum absolute atomic E-state index is 11.3. The lowest BCUT2D eigenvalue weighted by atomic mass is 10.3. The number of nitro benzene ring substituents is 1. The molecule has 0 aromatic heterocycles. The van der Waals surface area contributed by atoms with Crippen molar-refractivity contribution in [3.63, 3.8) is 0 Å². The second-order valence-electron chi connectivity index (χ2n) is 3.30. The minimum absolute atomic E-state index is 0.0665. The van der Waals surface area contributed by atoms with Crippen LogP contribution < -0.4 is 0 Å². The van der Waals surface area contributed by atoms with Crippen molar-refractivity contribution in [1.82, 2.24) is 0 Å². The van der Waals surface area contributed by atoms with E-state index in [9.17, 15) is 14.9 Å². The van der Waals surface area contributed by atoms with Gasteiger partial charge in [0.2, 0.25) is 0 Å². The van der Waals surface area contributed by atoms with E-state index in [-0.39, 0.29) is 11.5 Å². The first-order chi connectivity index (χ1) is 7.65. The van der Waals surface area contributed by atoms with Gasteiger partial charge in [0.1, 0.15) is 5.78 Å². The van der Waals surface area contributed by atoms with Crippen LogP contribution in [0, 0.1) is 10.1 Å². The Balaban J connectivity index is 2.66. The SMILES string of the molecule is CCCC(=O)CSc1ccccc1[N+](=O)[O-]. The number of carbonyl (C=O) groups is 1. The second-order valence-corrected chi connectivity index (χ2v) is 4.32. The number of Topliss-reactive ketones (excluding diaryl/α,β-unsaturated/α-hetero) is 1. The van der Waals surface area contributed by atoms with Crippen molar-refractivity contribution in [2.45, 2.75) is 24.7 Å². The fourth-order valence-corrected chi connectivity index (χ4v) is 2.17. The summed E-state index contributed by atoms with van der Waals surface area (Å²) in [4.78, 5) is 22.1. The first-order valence-electron chi connectivity index (χ1n) is 5.03. The molecule has 0 amide bonds. The third-order valence-electron chi connectivity index (χ3n) is 1.98. The van der Waals surface area contributed by atoms with E-state index >= 15 is 0 Å². The lowest BCUT2D eigenvalue weighted by Crippen LogP contribution is -2.00.